The van der Waals surface area contributed by atoms with Gasteiger partial charge in [0.25, 0.3) is 0 Å². The average molecular weight is 416 g/mol. The number of esters is 1. The van der Waals surface area contributed by atoms with Gasteiger partial charge in [0.15, 0.2) is 0 Å². The first kappa shape index (κ1) is 16.2. The molecule has 0 spiro atoms. The minimum atomic E-state index is -0.438. The van der Waals surface area contributed by atoms with Crippen LogP contribution in [0.2, 0.25) is 0 Å². The van der Waals surface area contributed by atoms with E-state index < -0.39 is 5.97 Å². The number of amides is 2. The van der Waals surface area contributed by atoms with E-state index in [2.05, 4.69) is 28.1 Å². The van der Waals surface area contributed by atoms with Crippen LogP contribution in [-0.2, 0) is 14.4 Å². The molecule has 1 saturated heterocycles. The fraction of sp³-hybridized carbons (Fsp3) is 0.450. The van der Waals surface area contributed by atoms with Gasteiger partial charge in [-0.2, -0.15) is 0 Å². The molecule has 0 radical (unpaired) electrons. The third-order valence-electron chi connectivity index (χ3n) is 6.34. The number of carbonyl (C=O) groups is 3. The highest BCUT2D eigenvalue weighted by Crippen LogP contribution is 2.65. The molecule has 1 aromatic rings. The van der Waals surface area contributed by atoms with Crippen LogP contribution in [0.15, 0.2) is 40.9 Å². The fourth-order valence-corrected chi connectivity index (χ4v) is 5.39. The molecule has 6 rings (SSSR count). The van der Waals surface area contributed by atoms with Gasteiger partial charge in [-0.3, -0.25) is 19.3 Å². The van der Waals surface area contributed by atoms with Crippen LogP contribution in [0.3, 0.4) is 0 Å². The van der Waals surface area contributed by atoms with Gasteiger partial charge < -0.3 is 4.74 Å². The number of rotatable bonds is 4. The van der Waals surface area contributed by atoms with E-state index in [1.54, 1.807) is 24.3 Å². The summed E-state index contributed by atoms with van der Waals surface area (Å²) in [4.78, 5) is 39.0. The second kappa shape index (κ2) is 5.78. The van der Waals surface area contributed by atoms with Gasteiger partial charge >= 0.3 is 5.97 Å². The molecule has 2 saturated carbocycles. The molecule has 134 valence electrons. The molecule has 2 amide bonds. The van der Waals surface area contributed by atoms with E-state index in [1.807, 2.05) is 0 Å². The second-order valence-corrected chi connectivity index (χ2v) is 8.58. The number of imide groups is 1. The normalized spacial score (nSPS) is 36.1. The molecule has 6 heteroatoms. The summed E-state index contributed by atoms with van der Waals surface area (Å²) < 4.78 is 6.17. The largest absolute Gasteiger partial charge is 0.426 e. The zero-order valence-corrected chi connectivity index (χ0v) is 15.6. The molecule has 6 atom stereocenters. The molecule has 26 heavy (non-hydrogen) atoms. The van der Waals surface area contributed by atoms with Crippen LogP contribution >= 0.6 is 15.9 Å². The molecule has 0 unspecified atom stereocenters. The Kier molecular flexibility index (Phi) is 3.61. The molecule has 1 aromatic carbocycles. The molecule has 5 nitrogen and oxygen atoms in total. The predicted molar refractivity (Wildman–Crippen MR) is 95.8 cm³/mol. The van der Waals surface area contributed by atoms with Gasteiger partial charge in [0.05, 0.1) is 18.3 Å². The number of likely N-dealkylation sites (tertiary alicyclic amines) is 1. The van der Waals surface area contributed by atoms with Crippen LogP contribution in [0.5, 0.6) is 5.75 Å². The van der Waals surface area contributed by atoms with Crippen LogP contribution in [0, 0.1) is 35.5 Å². The Morgan fingerprint density at radius 1 is 1.04 bits per heavy atom. The maximum Gasteiger partial charge on any atom is 0.312 e. The molecule has 3 fully saturated rings. The van der Waals surface area contributed by atoms with Crippen molar-refractivity contribution in [2.75, 3.05) is 6.54 Å². The third-order valence-corrected chi connectivity index (χ3v) is 6.87. The third kappa shape index (κ3) is 2.38. The topological polar surface area (TPSA) is 63.7 Å². The molecule has 0 aromatic heterocycles. The maximum atomic E-state index is 12.8. The molecular weight excluding hydrogens is 398 g/mol. The highest BCUT2D eigenvalue weighted by molar-refractivity contribution is 9.10. The van der Waals surface area contributed by atoms with E-state index in [4.69, 9.17) is 4.74 Å². The van der Waals surface area contributed by atoms with Gasteiger partial charge in [0.2, 0.25) is 11.8 Å². The van der Waals surface area contributed by atoms with Crippen molar-refractivity contribution in [3.8, 4) is 5.75 Å². The lowest BCUT2D eigenvalue weighted by Gasteiger charge is -2.37. The number of halogens is 1. The Labute approximate surface area is 159 Å². The predicted octanol–water partition coefficient (Wildman–Crippen LogP) is 2.80. The molecule has 4 aliphatic carbocycles. The number of hydrogen-bond acceptors (Lipinski definition) is 4. The SMILES string of the molecule is O=C(CCN1C(=O)[C@@H]2[C@H]3C=C[C@@H]([C@@H]4C[C@H]34)[C@H]2C1=O)Oc1ccc(Br)cc1. The zero-order valence-electron chi connectivity index (χ0n) is 14.0. The van der Waals surface area contributed by atoms with E-state index in [0.717, 1.165) is 10.9 Å². The lowest BCUT2D eigenvalue weighted by Crippen LogP contribution is -2.40. The second-order valence-electron chi connectivity index (χ2n) is 7.66. The van der Waals surface area contributed by atoms with Gasteiger partial charge in [0, 0.05) is 11.0 Å². The van der Waals surface area contributed by atoms with Crippen LogP contribution in [-0.4, -0.2) is 29.2 Å². The fourth-order valence-electron chi connectivity index (χ4n) is 5.13. The van der Waals surface area contributed by atoms with E-state index in [9.17, 15) is 14.4 Å². The first-order chi connectivity index (χ1) is 12.5. The van der Waals surface area contributed by atoms with Crippen molar-refractivity contribution in [2.24, 2.45) is 35.5 Å². The Balaban J connectivity index is 1.24. The quantitative estimate of drug-likeness (QED) is 0.328. The monoisotopic (exact) mass is 415 g/mol. The number of carbonyl (C=O) groups excluding carboxylic acids is 3. The zero-order chi connectivity index (χ0) is 18.0. The summed E-state index contributed by atoms with van der Waals surface area (Å²) in [5.41, 5.74) is 0. The van der Waals surface area contributed by atoms with Crippen LogP contribution < -0.4 is 4.74 Å². The minimum absolute atomic E-state index is 0.0165. The summed E-state index contributed by atoms with van der Waals surface area (Å²) in [6.07, 6.45) is 5.46. The van der Waals surface area contributed by atoms with E-state index in [1.165, 1.54) is 4.90 Å². The molecule has 1 heterocycles. The van der Waals surface area contributed by atoms with Crippen molar-refractivity contribution in [2.45, 2.75) is 12.8 Å². The van der Waals surface area contributed by atoms with E-state index >= 15 is 0 Å². The molecule has 1 aliphatic heterocycles. The van der Waals surface area contributed by atoms with Crippen LogP contribution in [0.25, 0.3) is 0 Å². The first-order valence-corrected chi connectivity index (χ1v) is 9.83. The summed E-state index contributed by atoms with van der Waals surface area (Å²) in [5.74, 6) is 1.02. The summed E-state index contributed by atoms with van der Waals surface area (Å²) in [6, 6.07) is 6.96. The lowest BCUT2D eigenvalue weighted by atomic mass is 9.63. The summed E-state index contributed by atoms with van der Waals surface area (Å²) in [6.45, 7) is 0.106. The first-order valence-electron chi connectivity index (χ1n) is 9.04. The molecule has 0 N–H and O–H groups in total. The van der Waals surface area contributed by atoms with Gasteiger partial charge in [-0.15, -0.1) is 0 Å². The number of hydrogen-bond donors (Lipinski definition) is 0. The van der Waals surface area contributed by atoms with Crippen molar-refractivity contribution in [1.29, 1.82) is 0 Å². The Morgan fingerprint density at radius 2 is 1.62 bits per heavy atom. The van der Waals surface area contributed by atoms with Crippen LogP contribution in [0.1, 0.15) is 12.8 Å². The van der Waals surface area contributed by atoms with Crippen LogP contribution in [0.4, 0.5) is 0 Å². The van der Waals surface area contributed by atoms with E-state index in [-0.39, 0.29) is 48.5 Å². The Hall–Kier alpha value is -1.95. The summed E-state index contributed by atoms with van der Waals surface area (Å²) >= 11 is 3.32. The number of allylic oxidation sites excluding steroid dienone is 2. The van der Waals surface area contributed by atoms with Crippen molar-refractivity contribution in [3.05, 3.63) is 40.9 Å². The van der Waals surface area contributed by atoms with E-state index in [0.29, 0.717) is 17.6 Å². The smallest absolute Gasteiger partial charge is 0.312 e. The average Bonchev–Trinajstić information content (AvgIpc) is 3.41. The minimum Gasteiger partial charge on any atom is -0.426 e. The maximum absolute atomic E-state index is 12.8. The van der Waals surface area contributed by atoms with Crippen molar-refractivity contribution >= 4 is 33.7 Å². The van der Waals surface area contributed by atoms with Crippen molar-refractivity contribution in [3.63, 3.8) is 0 Å². The molecule has 2 bridgehead atoms. The molecule has 5 aliphatic rings. The van der Waals surface area contributed by atoms with Crippen molar-refractivity contribution in [1.82, 2.24) is 4.90 Å². The van der Waals surface area contributed by atoms with Crippen molar-refractivity contribution < 1.29 is 19.1 Å². The molecular formula is C20H18BrNO4. The highest BCUT2D eigenvalue weighted by Gasteiger charge is 2.66. The number of ether oxygens (including phenoxy) is 1. The Bertz CT molecular complexity index is 797. The highest BCUT2D eigenvalue weighted by atomic mass is 79.9. The standard InChI is InChI=1S/C20H18BrNO4/c21-10-1-3-11(4-2-10)26-16(23)7-8-22-19(24)17-12-5-6-13(15-9-14(12)15)18(17)20(22)25/h1-6,12-15,17-18H,7-9H2/t12-,13-,14-,15+,17+,18+/m0/s1. The lowest BCUT2D eigenvalue weighted by molar-refractivity contribution is -0.141. The van der Waals surface area contributed by atoms with Gasteiger partial charge in [-0.05, 0) is 54.4 Å². The number of nitrogens with zero attached hydrogens (tertiary/aromatic N) is 1. The summed E-state index contributed by atoms with van der Waals surface area (Å²) in [5, 5.41) is 0. The summed E-state index contributed by atoms with van der Waals surface area (Å²) in [7, 11) is 0. The van der Waals surface area contributed by atoms with Gasteiger partial charge in [0.1, 0.15) is 5.75 Å². The number of benzene rings is 1. The van der Waals surface area contributed by atoms with Gasteiger partial charge in [-0.25, -0.2) is 0 Å². The van der Waals surface area contributed by atoms with Gasteiger partial charge in [-0.1, -0.05) is 28.1 Å². The Morgan fingerprint density at radius 3 is 2.19 bits per heavy atom.